The van der Waals surface area contributed by atoms with Gasteiger partial charge in [-0.25, -0.2) is 0 Å². The zero-order valence-corrected chi connectivity index (χ0v) is 11.6. The maximum Gasteiger partial charge on any atom is 0.250 e. The van der Waals surface area contributed by atoms with Gasteiger partial charge in [-0.15, -0.1) is 0 Å². The van der Waals surface area contributed by atoms with E-state index >= 15 is 0 Å². The first-order chi connectivity index (χ1) is 9.08. The Morgan fingerprint density at radius 2 is 2.11 bits per heavy atom. The van der Waals surface area contributed by atoms with Gasteiger partial charge in [0, 0.05) is 13.2 Å². The van der Waals surface area contributed by atoms with Gasteiger partial charge in [0.05, 0.1) is 11.9 Å². The van der Waals surface area contributed by atoms with E-state index in [1.165, 1.54) is 0 Å². The van der Waals surface area contributed by atoms with Crippen LogP contribution in [-0.4, -0.2) is 33.7 Å². The lowest BCUT2D eigenvalue weighted by atomic mass is 10.0. The summed E-state index contributed by atoms with van der Waals surface area (Å²) >= 11 is 0. The average Bonchev–Trinajstić information content (AvgIpc) is 2.79. The van der Waals surface area contributed by atoms with Crippen molar-refractivity contribution in [2.45, 2.75) is 45.2 Å². The number of aromatic nitrogens is 2. The molecule has 2 atom stereocenters. The zero-order valence-electron chi connectivity index (χ0n) is 11.6. The smallest absolute Gasteiger partial charge is 0.250 e. The number of nitrogens with zero attached hydrogens (tertiary/aromatic N) is 3. The van der Waals surface area contributed by atoms with Crippen molar-refractivity contribution in [3.63, 3.8) is 0 Å². The van der Waals surface area contributed by atoms with Crippen molar-refractivity contribution in [1.29, 1.82) is 0 Å². The summed E-state index contributed by atoms with van der Waals surface area (Å²) in [4.78, 5) is 26.2. The van der Waals surface area contributed by atoms with Crippen LogP contribution in [0.25, 0.3) is 0 Å². The lowest BCUT2D eigenvalue weighted by molar-refractivity contribution is -0.134. The molecule has 0 aromatic carbocycles. The number of hydrogen-bond acceptors (Lipinski definition) is 3. The maximum atomic E-state index is 12.5. The molecule has 2 heterocycles. The summed E-state index contributed by atoms with van der Waals surface area (Å²) in [5.41, 5.74) is 0.690. The second kappa shape index (κ2) is 5.42. The molecule has 1 aliphatic rings. The first-order valence-corrected chi connectivity index (χ1v) is 6.70. The first kappa shape index (κ1) is 13.6. The van der Waals surface area contributed by atoms with Crippen LogP contribution in [0.2, 0.25) is 0 Å². The Bertz CT molecular complexity index is 483. The molecular formula is C13H20N4O2. The Kier molecular flexibility index (Phi) is 3.87. The molecule has 6 nitrogen and oxygen atoms in total. The van der Waals surface area contributed by atoms with Crippen molar-refractivity contribution in [3.8, 4) is 0 Å². The fraction of sp³-hybridized carbons (Fsp3) is 0.615. The molecule has 6 heteroatoms. The number of aryl methyl sites for hydroxylation is 1. The highest BCUT2D eigenvalue weighted by molar-refractivity contribution is 6.08. The van der Waals surface area contributed by atoms with Gasteiger partial charge in [0.2, 0.25) is 11.8 Å². The minimum atomic E-state index is -0.440. The molecule has 1 N–H and O–H groups in total. The number of carbonyl (C=O) groups is 2. The van der Waals surface area contributed by atoms with E-state index in [0.29, 0.717) is 18.5 Å². The summed E-state index contributed by atoms with van der Waals surface area (Å²) in [5, 5.41) is 6.90. The number of rotatable bonds is 4. The molecule has 2 rings (SSSR count). The predicted octanol–water partition coefficient (Wildman–Crippen LogP) is 0.830. The standard InChI is InChI=1S/C13H20N4O2/c1-4-6-10-13(19)17(9-7-14-16(3)8-9)11(5-2)12(18)15-10/h7-8,10-11H,4-6H2,1-3H3,(H,15,18). The lowest BCUT2D eigenvalue weighted by Crippen LogP contribution is -2.63. The molecule has 19 heavy (non-hydrogen) atoms. The minimum Gasteiger partial charge on any atom is -0.342 e. The highest BCUT2D eigenvalue weighted by atomic mass is 16.2. The second-order valence-electron chi connectivity index (χ2n) is 4.85. The van der Waals surface area contributed by atoms with Crippen LogP contribution in [0.3, 0.4) is 0 Å². The van der Waals surface area contributed by atoms with Crippen LogP contribution in [0.4, 0.5) is 5.69 Å². The molecule has 0 saturated carbocycles. The number of carbonyl (C=O) groups excluding carboxylic acids is 2. The number of amides is 2. The molecule has 1 aromatic rings. The minimum absolute atomic E-state index is 0.0405. The Morgan fingerprint density at radius 3 is 2.63 bits per heavy atom. The van der Waals surface area contributed by atoms with Gasteiger partial charge in [0.25, 0.3) is 0 Å². The van der Waals surface area contributed by atoms with Gasteiger partial charge in [-0.1, -0.05) is 20.3 Å². The largest absolute Gasteiger partial charge is 0.342 e. The Labute approximate surface area is 112 Å². The van der Waals surface area contributed by atoms with E-state index in [9.17, 15) is 9.59 Å². The first-order valence-electron chi connectivity index (χ1n) is 6.70. The third kappa shape index (κ3) is 2.47. The normalized spacial score (nSPS) is 23.6. The molecule has 0 bridgehead atoms. The van der Waals surface area contributed by atoms with Crippen molar-refractivity contribution < 1.29 is 9.59 Å². The highest BCUT2D eigenvalue weighted by Crippen LogP contribution is 2.23. The fourth-order valence-corrected chi connectivity index (χ4v) is 2.46. The van der Waals surface area contributed by atoms with Crippen LogP contribution in [0.15, 0.2) is 12.4 Å². The van der Waals surface area contributed by atoms with Gasteiger partial charge in [-0.3, -0.25) is 19.2 Å². The molecule has 0 aliphatic carbocycles. The SMILES string of the molecule is CCCC1NC(=O)C(CC)N(c2cnn(C)c2)C1=O. The van der Waals surface area contributed by atoms with Gasteiger partial charge in [0.15, 0.2) is 0 Å². The van der Waals surface area contributed by atoms with Gasteiger partial charge in [-0.05, 0) is 12.8 Å². The van der Waals surface area contributed by atoms with E-state index < -0.39 is 12.1 Å². The van der Waals surface area contributed by atoms with E-state index in [4.69, 9.17) is 0 Å². The fourth-order valence-electron chi connectivity index (χ4n) is 2.46. The van der Waals surface area contributed by atoms with Gasteiger partial charge in [0.1, 0.15) is 12.1 Å². The van der Waals surface area contributed by atoms with E-state index in [2.05, 4.69) is 10.4 Å². The average molecular weight is 264 g/mol. The van der Waals surface area contributed by atoms with Gasteiger partial charge >= 0.3 is 0 Å². The third-order valence-corrected chi connectivity index (χ3v) is 3.40. The second-order valence-corrected chi connectivity index (χ2v) is 4.85. The number of nitrogens with one attached hydrogen (secondary N) is 1. The highest BCUT2D eigenvalue weighted by Gasteiger charge is 2.40. The van der Waals surface area contributed by atoms with Crippen LogP contribution in [0, 0.1) is 0 Å². The maximum absolute atomic E-state index is 12.5. The van der Waals surface area contributed by atoms with Crippen LogP contribution in [-0.2, 0) is 16.6 Å². The summed E-state index contributed by atoms with van der Waals surface area (Å²) in [5.74, 6) is -0.120. The third-order valence-electron chi connectivity index (χ3n) is 3.40. The summed E-state index contributed by atoms with van der Waals surface area (Å²) in [6.07, 6.45) is 5.50. The molecule has 2 amide bonds. The molecule has 1 aromatic heterocycles. The molecule has 0 spiro atoms. The summed E-state index contributed by atoms with van der Waals surface area (Å²) in [7, 11) is 1.79. The summed E-state index contributed by atoms with van der Waals surface area (Å²) in [6.45, 7) is 3.90. The van der Waals surface area contributed by atoms with Crippen LogP contribution in [0.5, 0.6) is 0 Å². The molecule has 1 saturated heterocycles. The molecule has 2 unspecified atom stereocenters. The van der Waals surface area contributed by atoms with Crippen molar-refractivity contribution in [2.24, 2.45) is 7.05 Å². The molecular weight excluding hydrogens is 244 g/mol. The monoisotopic (exact) mass is 264 g/mol. The van der Waals surface area contributed by atoms with Crippen molar-refractivity contribution in [1.82, 2.24) is 15.1 Å². The van der Waals surface area contributed by atoms with Crippen molar-refractivity contribution in [2.75, 3.05) is 4.90 Å². The lowest BCUT2D eigenvalue weighted by Gasteiger charge is -2.37. The topological polar surface area (TPSA) is 67.2 Å². The van der Waals surface area contributed by atoms with Crippen molar-refractivity contribution in [3.05, 3.63) is 12.4 Å². The Balaban J connectivity index is 2.34. The van der Waals surface area contributed by atoms with Crippen LogP contribution in [0.1, 0.15) is 33.1 Å². The van der Waals surface area contributed by atoms with E-state index in [-0.39, 0.29) is 11.8 Å². The Morgan fingerprint density at radius 1 is 1.37 bits per heavy atom. The van der Waals surface area contributed by atoms with Gasteiger partial charge in [-0.2, -0.15) is 5.10 Å². The van der Waals surface area contributed by atoms with Crippen molar-refractivity contribution >= 4 is 17.5 Å². The van der Waals surface area contributed by atoms with E-state index in [1.807, 2.05) is 13.8 Å². The summed E-state index contributed by atoms with van der Waals surface area (Å²) in [6, 6.07) is -0.856. The number of hydrogen-bond donors (Lipinski definition) is 1. The predicted molar refractivity (Wildman–Crippen MR) is 71.6 cm³/mol. The van der Waals surface area contributed by atoms with Crippen LogP contribution >= 0.6 is 0 Å². The summed E-state index contributed by atoms with van der Waals surface area (Å²) < 4.78 is 1.64. The Hall–Kier alpha value is -1.85. The van der Waals surface area contributed by atoms with Crippen LogP contribution < -0.4 is 10.2 Å². The van der Waals surface area contributed by atoms with E-state index in [1.54, 1.807) is 29.0 Å². The molecule has 1 aliphatic heterocycles. The molecule has 104 valence electrons. The molecule has 1 fully saturated rings. The number of piperazine rings is 1. The van der Waals surface area contributed by atoms with Gasteiger partial charge < -0.3 is 5.32 Å². The zero-order chi connectivity index (χ0) is 14.0. The van der Waals surface area contributed by atoms with E-state index in [0.717, 1.165) is 6.42 Å². The quantitative estimate of drug-likeness (QED) is 0.876. The molecule has 0 radical (unpaired) electrons. The number of anilines is 1.